The zero-order valence-electron chi connectivity index (χ0n) is 16.4. The van der Waals surface area contributed by atoms with Gasteiger partial charge in [0.05, 0.1) is 29.7 Å². The van der Waals surface area contributed by atoms with Crippen LogP contribution < -0.4 is 9.47 Å². The minimum Gasteiger partial charge on any atom is -0.493 e. The van der Waals surface area contributed by atoms with E-state index in [0.29, 0.717) is 37.7 Å². The third kappa shape index (κ3) is 5.06. The summed E-state index contributed by atoms with van der Waals surface area (Å²) in [6.45, 7) is 3.82. The lowest BCUT2D eigenvalue weighted by atomic mass is 10.1. The van der Waals surface area contributed by atoms with Gasteiger partial charge in [0.1, 0.15) is 0 Å². The molecule has 0 bridgehead atoms. The molecule has 0 radical (unpaired) electrons. The van der Waals surface area contributed by atoms with Crippen LogP contribution in [-0.4, -0.2) is 29.3 Å². The molecular formula is C21H18Cl3NO4S. The number of nitrogens with zero attached hydrogens (tertiary/aromatic N) is 1. The van der Waals surface area contributed by atoms with E-state index in [1.165, 1.54) is 7.11 Å². The molecule has 0 unspecified atom stereocenters. The number of hydrogen-bond acceptors (Lipinski definition) is 5. The van der Waals surface area contributed by atoms with Gasteiger partial charge in [-0.25, -0.2) is 0 Å². The number of carbonyl (C=O) groups excluding carboxylic acids is 2. The van der Waals surface area contributed by atoms with Crippen LogP contribution in [0.5, 0.6) is 11.5 Å². The van der Waals surface area contributed by atoms with Gasteiger partial charge >= 0.3 is 0 Å². The molecule has 30 heavy (non-hydrogen) atoms. The number of ether oxygens (including phenoxy) is 2. The van der Waals surface area contributed by atoms with Gasteiger partial charge in [-0.3, -0.25) is 14.5 Å². The summed E-state index contributed by atoms with van der Waals surface area (Å²) in [5.74, 6) is 0.458. The molecular weight excluding hydrogens is 469 g/mol. The lowest BCUT2D eigenvalue weighted by molar-refractivity contribution is -0.123. The van der Waals surface area contributed by atoms with Crippen molar-refractivity contribution in [3.63, 3.8) is 0 Å². The predicted octanol–water partition coefficient (Wildman–Crippen LogP) is 6.68. The Hall–Kier alpha value is -1.86. The Bertz CT molecular complexity index is 1040. The molecule has 1 saturated heterocycles. The molecule has 0 aromatic heterocycles. The highest BCUT2D eigenvalue weighted by atomic mass is 35.5. The van der Waals surface area contributed by atoms with Crippen molar-refractivity contribution in [2.45, 2.75) is 26.5 Å². The lowest BCUT2D eigenvalue weighted by Gasteiger charge is -2.16. The van der Waals surface area contributed by atoms with Crippen LogP contribution in [0, 0.1) is 0 Å². The molecule has 1 fully saturated rings. The van der Waals surface area contributed by atoms with E-state index in [1.807, 2.05) is 13.8 Å². The van der Waals surface area contributed by atoms with Crippen molar-refractivity contribution >= 4 is 63.8 Å². The number of amides is 2. The Kier molecular flexibility index (Phi) is 7.24. The molecule has 2 aromatic rings. The molecule has 5 nitrogen and oxygen atoms in total. The molecule has 0 spiro atoms. The van der Waals surface area contributed by atoms with E-state index in [0.717, 1.165) is 16.7 Å². The fourth-order valence-corrected chi connectivity index (χ4v) is 4.35. The average Bonchev–Trinajstić information content (AvgIpc) is 2.92. The van der Waals surface area contributed by atoms with Gasteiger partial charge in [-0.2, -0.15) is 0 Å². The van der Waals surface area contributed by atoms with E-state index < -0.39 is 5.91 Å². The largest absolute Gasteiger partial charge is 0.493 e. The topological polar surface area (TPSA) is 55.8 Å². The van der Waals surface area contributed by atoms with Crippen LogP contribution in [0.4, 0.5) is 4.79 Å². The molecule has 158 valence electrons. The van der Waals surface area contributed by atoms with Gasteiger partial charge in [-0.05, 0) is 67.1 Å². The van der Waals surface area contributed by atoms with Crippen LogP contribution in [0.2, 0.25) is 15.1 Å². The normalized spacial score (nSPS) is 15.4. The van der Waals surface area contributed by atoms with Gasteiger partial charge in [0.15, 0.2) is 11.5 Å². The first-order valence-corrected chi connectivity index (χ1v) is 10.9. The average molecular weight is 487 g/mol. The Balaban J connectivity index is 1.87. The van der Waals surface area contributed by atoms with Crippen LogP contribution in [0.15, 0.2) is 35.2 Å². The summed E-state index contributed by atoms with van der Waals surface area (Å²) in [5, 5.41) is 0.841. The molecule has 2 aromatic carbocycles. The highest BCUT2D eigenvalue weighted by Crippen LogP contribution is 2.40. The number of hydrogen-bond donors (Lipinski definition) is 0. The van der Waals surface area contributed by atoms with Crippen molar-refractivity contribution in [3.8, 4) is 11.5 Å². The van der Waals surface area contributed by atoms with Crippen molar-refractivity contribution in [2.75, 3.05) is 7.11 Å². The van der Waals surface area contributed by atoms with Crippen LogP contribution in [-0.2, 0) is 11.3 Å². The summed E-state index contributed by atoms with van der Waals surface area (Å²) in [6.07, 6.45) is 1.51. The molecule has 0 aliphatic carbocycles. The molecule has 1 heterocycles. The molecule has 0 N–H and O–H groups in total. The number of rotatable bonds is 6. The number of methoxy groups -OCH3 is 1. The van der Waals surface area contributed by atoms with Gasteiger partial charge in [0, 0.05) is 10.0 Å². The van der Waals surface area contributed by atoms with Gasteiger partial charge in [-0.15, -0.1) is 0 Å². The first-order valence-electron chi connectivity index (χ1n) is 8.93. The number of halogens is 3. The van der Waals surface area contributed by atoms with E-state index in [2.05, 4.69) is 0 Å². The fraction of sp³-hybridized carbons (Fsp3) is 0.238. The maximum absolute atomic E-state index is 12.8. The summed E-state index contributed by atoms with van der Waals surface area (Å²) in [6, 6.07) is 8.28. The van der Waals surface area contributed by atoms with Crippen LogP contribution in [0.1, 0.15) is 25.0 Å². The number of benzene rings is 2. The summed E-state index contributed by atoms with van der Waals surface area (Å²) in [5.41, 5.74) is 1.24. The van der Waals surface area contributed by atoms with Gasteiger partial charge < -0.3 is 9.47 Å². The Morgan fingerprint density at radius 1 is 1.10 bits per heavy atom. The first kappa shape index (κ1) is 22.8. The molecule has 1 aliphatic heterocycles. The van der Waals surface area contributed by atoms with E-state index in [-0.39, 0.29) is 22.8 Å². The standard InChI is InChI=1S/C21H18Cl3NO4S/c1-11(2)29-19-16(24)6-12(7-17(19)28-3)8-18-20(26)25(21(27)30-18)10-13-4-5-14(22)9-15(13)23/h4-9,11H,10H2,1-3H3/b18-8-. The van der Waals surface area contributed by atoms with Crippen LogP contribution in [0.3, 0.4) is 0 Å². The lowest BCUT2D eigenvalue weighted by Crippen LogP contribution is -2.27. The zero-order valence-corrected chi connectivity index (χ0v) is 19.5. The highest BCUT2D eigenvalue weighted by Gasteiger charge is 2.35. The SMILES string of the molecule is COc1cc(/C=C2\SC(=O)N(Cc3ccc(Cl)cc3Cl)C2=O)cc(Cl)c1OC(C)C. The Labute approximate surface area is 193 Å². The molecule has 1 aliphatic rings. The minimum absolute atomic E-state index is 0.0588. The predicted molar refractivity (Wildman–Crippen MR) is 122 cm³/mol. The van der Waals surface area contributed by atoms with Crippen molar-refractivity contribution in [1.29, 1.82) is 0 Å². The summed E-state index contributed by atoms with van der Waals surface area (Å²) < 4.78 is 11.1. The Morgan fingerprint density at radius 2 is 1.83 bits per heavy atom. The molecule has 0 saturated carbocycles. The second-order valence-electron chi connectivity index (χ2n) is 6.70. The van der Waals surface area contributed by atoms with Crippen LogP contribution >= 0.6 is 46.6 Å². The maximum Gasteiger partial charge on any atom is 0.293 e. The minimum atomic E-state index is -0.409. The monoisotopic (exact) mass is 485 g/mol. The van der Waals surface area contributed by atoms with Gasteiger partial charge in [0.25, 0.3) is 11.1 Å². The maximum atomic E-state index is 12.8. The second kappa shape index (κ2) is 9.52. The zero-order chi connectivity index (χ0) is 22.0. The van der Waals surface area contributed by atoms with E-state index in [1.54, 1.807) is 36.4 Å². The van der Waals surface area contributed by atoms with E-state index >= 15 is 0 Å². The number of carbonyl (C=O) groups is 2. The third-order valence-electron chi connectivity index (χ3n) is 4.12. The van der Waals surface area contributed by atoms with Gasteiger partial charge in [-0.1, -0.05) is 40.9 Å². The molecule has 3 rings (SSSR count). The number of thioether (sulfide) groups is 1. The number of imide groups is 1. The van der Waals surface area contributed by atoms with Gasteiger partial charge in [0.2, 0.25) is 0 Å². The second-order valence-corrected chi connectivity index (χ2v) is 8.95. The Morgan fingerprint density at radius 3 is 2.47 bits per heavy atom. The smallest absolute Gasteiger partial charge is 0.293 e. The van der Waals surface area contributed by atoms with Crippen molar-refractivity contribution in [3.05, 3.63) is 61.4 Å². The molecule has 0 atom stereocenters. The summed E-state index contributed by atoms with van der Waals surface area (Å²) >= 11 is 19.3. The first-order chi connectivity index (χ1) is 14.2. The molecule has 2 amide bonds. The third-order valence-corrected chi connectivity index (χ3v) is 5.90. The quantitative estimate of drug-likeness (QED) is 0.426. The molecule has 9 heteroatoms. The summed E-state index contributed by atoms with van der Waals surface area (Å²) in [4.78, 5) is 26.7. The fourth-order valence-electron chi connectivity index (χ4n) is 2.78. The van der Waals surface area contributed by atoms with Crippen molar-refractivity contribution < 1.29 is 19.1 Å². The summed E-state index contributed by atoms with van der Waals surface area (Å²) in [7, 11) is 1.51. The van der Waals surface area contributed by atoms with Crippen molar-refractivity contribution in [1.82, 2.24) is 4.90 Å². The highest BCUT2D eigenvalue weighted by molar-refractivity contribution is 8.18. The van der Waals surface area contributed by atoms with E-state index in [4.69, 9.17) is 44.3 Å². The van der Waals surface area contributed by atoms with E-state index in [9.17, 15) is 9.59 Å². The van der Waals surface area contributed by atoms with Crippen LogP contribution in [0.25, 0.3) is 6.08 Å². The van der Waals surface area contributed by atoms with Crippen molar-refractivity contribution in [2.24, 2.45) is 0 Å².